The third-order valence-electron chi connectivity index (χ3n) is 4.62. The molecule has 0 spiro atoms. The Morgan fingerprint density at radius 2 is 1.77 bits per heavy atom. The zero-order chi connectivity index (χ0) is 21.9. The van der Waals surface area contributed by atoms with Crippen molar-refractivity contribution in [2.24, 2.45) is 0 Å². The number of ether oxygens (including phenoxy) is 1. The number of hydrogen-bond donors (Lipinski definition) is 1. The molecule has 3 rings (SSSR count). The molecule has 30 heavy (non-hydrogen) atoms. The molecule has 1 unspecified atom stereocenters. The van der Waals surface area contributed by atoms with Crippen molar-refractivity contribution in [2.75, 3.05) is 17.8 Å². The van der Waals surface area contributed by atoms with Crippen molar-refractivity contribution < 1.29 is 31.5 Å². The van der Waals surface area contributed by atoms with E-state index in [1.165, 1.54) is 31.2 Å². The SMILES string of the molecule is CC(OC(=O)c1ccccc1NS(=O)(=O)c1cc(F)ccc1F)C(=O)N1CCCC1. The molecule has 0 aliphatic carbocycles. The molecule has 1 aliphatic heterocycles. The lowest BCUT2D eigenvalue weighted by Gasteiger charge is -2.21. The van der Waals surface area contributed by atoms with E-state index in [9.17, 15) is 26.8 Å². The largest absolute Gasteiger partial charge is 0.449 e. The Kier molecular flexibility index (Phi) is 6.35. The molecule has 160 valence electrons. The number of hydrogen-bond acceptors (Lipinski definition) is 5. The molecule has 0 radical (unpaired) electrons. The second-order valence-corrected chi connectivity index (χ2v) is 8.46. The van der Waals surface area contributed by atoms with Gasteiger partial charge in [0.25, 0.3) is 15.9 Å². The Hall–Kier alpha value is -3.01. The highest BCUT2D eigenvalue weighted by molar-refractivity contribution is 7.92. The third-order valence-corrected chi connectivity index (χ3v) is 6.00. The molecule has 2 aromatic rings. The number of anilines is 1. The van der Waals surface area contributed by atoms with E-state index in [2.05, 4.69) is 4.72 Å². The monoisotopic (exact) mass is 438 g/mol. The average molecular weight is 438 g/mol. The Morgan fingerprint density at radius 1 is 1.10 bits per heavy atom. The molecular formula is C20H20F2N2O5S. The summed E-state index contributed by atoms with van der Waals surface area (Å²) in [7, 11) is -4.53. The van der Waals surface area contributed by atoms with E-state index in [1.54, 1.807) is 4.90 Å². The Labute approximate surface area is 172 Å². The molecule has 1 fully saturated rings. The van der Waals surface area contributed by atoms with Gasteiger partial charge in [-0.05, 0) is 50.1 Å². The number of para-hydroxylation sites is 1. The van der Waals surface area contributed by atoms with Gasteiger partial charge in [0.05, 0.1) is 11.3 Å². The van der Waals surface area contributed by atoms with Crippen LogP contribution in [-0.4, -0.2) is 44.4 Å². The van der Waals surface area contributed by atoms with Crippen molar-refractivity contribution in [3.8, 4) is 0 Å². The number of carbonyl (C=O) groups excluding carboxylic acids is 2. The smallest absolute Gasteiger partial charge is 0.341 e. The zero-order valence-electron chi connectivity index (χ0n) is 16.1. The third kappa shape index (κ3) is 4.76. The first-order chi connectivity index (χ1) is 14.2. The minimum atomic E-state index is -4.53. The van der Waals surface area contributed by atoms with Gasteiger partial charge in [0, 0.05) is 13.1 Å². The molecule has 2 aromatic carbocycles. The van der Waals surface area contributed by atoms with Crippen LogP contribution in [0, 0.1) is 11.6 Å². The highest BCUT2D eigenvalue weighted by Gasteiger charge is 2.28. The maximum Gasteiger partial charge on any atom is 0.341 e. The van der Waals surface area contributed by atoms with Gasteiger partial charge in [-0.15, -0.1) is 0 Å². The second-order valence-electron chi connectivity index (χ2n) is 6.81. The number of rotatable bonds is 6. The summed E-state index contributed by atoms with van der Waals surface area (Å²) in [5, 5.41) is 0. The molecule has 7 nitrogen and oxygen atoms in total. The molecular weight excluding hydrogens is 418 g/mol. The minimum absolute atomic E-state index is 0.168. The number of esters is 1. The van der Waals surface area contributed by atoms with E-state index >= 15 is 0 Å². The van der Waals surface area contributed by atoms with Crippen molar-refractivity contribution in [1.82, 2.24) is 4.90 Å². The van der Waals surface area contributed by atoms with Crippen LogP contribution in [0.1, 0.15) is 30.1 Å². The van der Waals surface area contributed by atoms with Crippen LogP contribution in [0.5, 0.6) is 0 Å². The van der Waals surface area contributed by atoms with Crippen LogP contribution in [0.3, 0.4) is 0 Å². The number of likely N-dealkylation sites (tertiary alicyclic amines) is 1. The molecule has 0 bridgehead atoms. The summed E-state index contributed by atoms with van der Waals surface area (Å²) in [6.45, 7) is 2.63. The molecule has 1 heterocycles. The minimum Gasteiger partial charge on any atom is -0.449 e. The predicted molar refractivity (Wildman–Crippen MR) is 104 cm³/mol. The number of benzene rings is 2. The second kappa shape index (κ2) is 8.78. The summed E-state index contributed by atoms with van der Waals surface area (Å²) >= 11 is 0. The van der Waals surface area contributed by atoms with Crippen LogP contribution in [0.25, 0.3) is 0 Å². The average Bonchev–Trinajstić information content (AvgIpc) is 3.24. The van der Waals surface area contributed by atoms with Gasteiger partial charge in [-0.2, -0.15) is 0 Å². The Bertz CT molecular complexity index is 1070. The van der Waals surface area contributed by atoms with E-state index in [4.69, 9.17) is 4.74 Å². The van der Waals surface area contributed by atoms with Gasteiger partial charge < -0.3 is 9.64 Å². The summed E-state index contributed by atoms with van der Waals surface area (Å²) < 4.78 is 59.7. The van der Waals surface area contributed by atoms with Gasteiger partial charge >= 0.3 is 5.97 Å². The van der Waals surface area contributed by atoms with Crippen LogP contribution in [0.2, 0.25) is 0 Å². The molecule has 10 heteroatoms. The zero-order valence-corrected chi connectivity index (χ0v) is 16.9. The number of halogens is 2. The van der Waals surface area contributed by atoms with Crippen LogP contribution < -0.4 is 4.72 Å². The fourth-order valence-electron chi connectivity index (χ4n) is 3.10. The number of amides is 1. The van der Waals surface area contributed by atoms with Gasteiger partial charge in [0.1, 0.15) is 16.5 Å². The van der Waals surface area contributed by atoms with Gasteiger partial charge in [0.15, 0.2) is 6.10 Å². The summed E-state index contributed by atoms with van der Waals surface area (Å²) in [6, 6.07) is 7.52. The normalized spacial score (nSPS) is 15.0. The van der Waals surface area contributed by atoms with Crippen molar-refractivity contribution in [3.63, 3.8) is 0 Å². The maximum atomic E-state index is 13.9. The summed E-state index contributed by atoms with van der Waals surface area (Å²) in [5.41, 5.74) is -0.356. The molecule has 0 saturated carbocycles. The van der Waals surface area contributed by atoms with E-state index in [-0.39, 0.29) is 17.2 Å². The molecule has 1 N–H and O–H groups in total. The lowest BCUT2D eigenvalue weighted by Crippen LogP contribution is -2.38. The summed E-state index contributed by atoms with van der Waals surface area (Å²) in [6.07, 6.45) is 0.710. The highest BCUT2D eigenvalue weighted by Crippen LogP contribution is 2.24. The Balaban J connectivity index is 1.81. The first-order valence-corrected chi connectivity index (χ1v) is 10.7. The van der Waals surface area contributed by atoms with Gasteiger partial charge in [-0.3, -0.25) is 9.52 Å². The maximum absolute atomic E-state index is 13.9. The molecule has 1 aliphatic rings. The van der Waals surface area contributed by atoms with Crippen LogP contribution in [0.4, 0.5) is 14.5 Å². The molecule has 1 atom stereocenters. The highest BCUT2D eigenvalue weighted by atomic mass is 32.2. The first kappa shape index (κ1) is 21.7. The van der Waals surface area contributed by atoms with Crippen LogP contribution in [0.15, 0.2) is 47.4 Å². The number of sulfonamides is 1. The predicted octanol–water partition coefficient (Wildman–Crippen LogP) is 2.93. The Morgan fingerprint density at radius 3 is 2.47 bits per heavy atom. The van der Waals surface area contributed by atoms with Gasteiger partial charge in [-0.1, -0.05) is 12.1 Å². The number of carbonyl (C=O) groups is 2. The van der Waals surface area contributed by atoms with E-state index < -0.39 is 38.6 Å². The lowest BCUT2D eigenvalue weighted by molar-refractivity contribution is -0.138. The van der Waals surface area contributed by atoms with Crippen molar-refractivity contribution in [3.05, 3.63) is 59.7 Å². The lowest BCUT2D eigenvalue weighted by atomic mass is 10.2. The molecule has 0 aromatic heterocycles. The first-order valence-electron chi connectivity index (χ1n) is 9.26. The quantitative estimate of drug-likeness (QED) is 0.700. The fraction of sp³-hybridized carbons (Fsp3) is 0.300. The molecule has 1 amide bonds. The van der Waals surface area contributed by atoms with Gasteiger partial charge in [-0.25, -0.2) is 22.0 Å². The van der Waals surface area contributed by atoms with E-state index in [0.29, 0.717) is 25.2 Å². The van der Waals surface area contributed by atoms with Crippen LogP contribution >= 0.6 is 0 Å². The van der Waals surface area contributed by atoms with Crippen molar-refractivity contribution in [2.45, 2.75) is 30.8 Å². The number of nitrogens with one attached hydrogen (secondary N) is 1. The van der Waals surface area contributed by atoms with Crippen molar-refractivity contribution >= 4 is 27.6 Å². The summed E-state index contributed by atoms with van der Waals surface area (Å²) in [4.78, 5) is 25.6. The fourth-order valence-corrected chi connectivity index (χ4v) is 4.27. The van der Waals surface area contributed by atoms with Gasteiger partial charge in [0.2, 0.25) is 0 Å². The summed E-state index contributed by atoms with van der Waals surface area (Å²) in [5.74, 6) is -3.33. The van der Waals surface area contributed by atoms with E-state index in [0.717, 1.165) is 18.9 Å². The standard InChI is InChI=1S/C20H20F2N2O5S/c1-13(19(25)24-10-4-5-11-24)29-20(26)15-6-2-3-7-17(15)23-30(27,28)18-12-14(21)8-9-16(18)22/h2-3,6-9,12-13,23H,4-5,10-11H2,1H3. The van der Waals surface area contributed by atoms with Crippen molar-refractivity contribution in [1.29, 1.82) is 0 Å². The van der Waals surface area contributed by atoms with Crippen LogP contribution in [-0.2, 0) is 19.6 Å². The van der Waals surface area contributed by atoms with E-state index in [1.807, 2.05) is 0 Å². The number of nitrogens with zero attached hydrogens (tertiary/aromatic N) is 1. The molecule has 1 saturated heterocycles. The topological polar surface area (TPSA) is 92.8 Å².